The molecule has 24 heavy (non-hydrogen) atoms. The van der Waals surface area contributed by atoms with E-state index in [0.29, 0.717) is 19.1 Å². The molecule has 6 nitrogen and oxygen atoms in total. The van der Waals surface area contributed by atoms with Crippen molar-refractivity contribution in [3.8, 4) is 5.75 Å². The lowest BCUT2D eigenvalue weighted by Crippen LogP contribution is -2.35. The zero-order valence-corrected chi connectivity index (χ0v) is 14.5. The van der Waals surface area contributed by atoms with Crippen molar-refractivity contribution in [2.45, 2.75) is 44.5 Å². The molecule has 1 aliphatic carbocycles. The van der Waals surface area contributed by atoms with Crippen LogP contribution in [-0.4, -0.2) is 38.1 Å². The van der Waals surface area contributed by atoms with Gasteiger partial charge < -0.3 is 25.3 Å². The number of hydrogen-bond acceptors (Lipinski definition) is 4. The number of nitrogens with zero attached hydrogens (tertiary/aromatic N) is 1. The van der Waals surface area contributed by atoms with Gasteiger partial charge in [0.15, 0.2) is 11.7 Å². The van der Waals surface area contributed by atoms with E-state index in [-0.39, 0.29) is 11.9 Å². The molecule has 2 fully saturated rings. The van der Waals surface area contributed by atoms with E-state index in [1.807, 2.05) is 24.3 Å². The van der Waals surface area contributed by atoms with E-state index in [4.69, 9.17) is 19.9 Å². The Morgan fingerprint density at radius 2 is 2.04 bits per heavy atom. The Morgan fingerprint density at radius 3 is 2.71 bits per heavy atom. The van der Waals surface area contributed by atoms with E-state index in [1.165, 1.54) is 0 Å². The van der Waals surface area contributed by atoms with E-state index < -0.39 is 0 Å². The second kappa shape index (κ2) is 7.40. The van der Waals surface area contributed by atoms with Crippen LogP contribution in [0.25, 0.3) is 0 Å². The molecule has 1 aliphatic heterocycles. The first-order valence-corrected chi connectivity index (χ1v) is 8.61. The molecule has 6 heteroatoms. The number of nitrogens with one attached hydrogen (secondary N) is 1. The normalized spacial score (nSPS) is 30.5. The molecule has 1 heterocycles. The molecule has 0 bridgehead atoms. The lowest BCUT2D eigenvalue weighted by molar-refractivity contribution is -0.190. The standard InChI is InChI=1S/C18H27N3O3/c1-13-7-9-18(10-8-13)23-12-16(24-18)11-20-17(19)21-14-3-5-15(22-2)6-4-14/h3-6,13,16H,7-12H2,1-2H3,(H3,19,20,21). The lowest BCUT2D eigenvalue weighted by atomic mass is 9.86. The SMILES string of the molecule is COc1ccc(NC(N)=NCC2COC3(CCC(C)CC3)O2)cc1. The highest BCUT2D eigenvalue weighted by atomic mass is 16.7. The van der Waals surface area contributed by atoms with Crippen LogP contribution in [0.5, 0.6) is 5.75 Å². The summed E-state index contributed by atoms with van der Waals surface area (Å²) in [6.07, 6.45) is 4.27. The second-order valence-corrected chi connectivity index (χ2v) is 6.72. The van der Waals surface area contributed by atoms with E-state index in [1.54, 1.807) is 7.11 Å². The fourth-order valence-corrected chi connectivity index (χ4v) is 3.23. The summed E-state index contributed by atoms with van der Waals surface area (Å²) < 4.78 is 17.2. The summed E-state index contributed by atoms with van der Waals surface area (Å²) in [5, 5.41) is 3.07. The van der Waals surface area contributed by atoms with Crippen LogP contribution in [0.1, 0.15) is 32.6 Å². The Kier molecular flexibility index (Phi) is 5.26. The number of nitrogens with two attached hydrogens (primary N) is 1. The molecule has 0 aromatic heterocycles. The summed E-state index contributed by atoms with van der Waals surface area (Å²) in [6, 6.07) is 7.54. The summed E-state index contributed by atoms with van der Waals surface area (Å²) in [5.74, 6) is 1.58. The van der Waals surface area contributed by atoms with E-state index >= 15 is 0 Å². The molecule has 1 spiro atoms. The monoisotopic (exact) mass is 333 g/mol. The van der Waals surface area contributed by atoms with E-state index in [2.05, 4.69) is 17.2 Å². The minimum absolute atomic E-state index is 0.0189. The summed E-state index contributed by atoms with van der Waals surface area (Å²) in [4.78, 5) is 4.38. The van der Waals surface area contributed by atoms with Crippen LogP contribution in [0.4, 0.5) is 5.69 Å². The Labute approximate surface area is 143 Å². The first-order chi connectivity index (χ1) is 11.6. The quantitative estimate of drug-likeness (QED) is 0.654. The van der Waals surface area contributed by atoms with Crippen molar-refractivity contribution in [1.82, 2.24) is 0 Å². The van der Waals surface area contributed by atoms with Gasteiger partial charge in [-0.1, -0.05) is 6.92 Å². The summed E-state index contributed by atoms with van der Waals surface area (Å²) in [5.41, 5.74) is 6.83. The number of benzene rings is 1. The largest absolute Gasteiger partial charge is 0.497 e. The van der Waals surface area contributed by atoms with E-state index in [9.17, 15) is 0 Å². The summed E-state index contributed by atoms with van der Waals surface area (Å²) >= 11 is 0. The Morgan fingerprint density at radius 1 is 1.33 bits per heavy atom. The fourth-order valence-electron chi connectivity index (χ4n) is 3.23. The van der Waals surface area contributed by atoms with Crippen molar-refractivity contribution in [3.05, 3.63) is 24.3 Å². The number of ether oxygens (including phenoxy) is 3. The van der Waals surface area contributed by atoms with Gasteiger partial charge in [0, 0.05) is 18.5 Å². The number of aliphatic imine (C=N–C) groups is 1. The predicted octanol–water partition coefficient (Wildman–Crippen LogP) is 2.74. The van der Waals surface area contributed by atoms with Crippen LogP contribution >= 0.6 is 0 Å². The van der Waals surface area contributed by atoms with Gasteiger partial charge in [-0.25, -0.2) is 0 Å². The molecule has 1 aromatic carbocycles. The van der Waals surface area contributed by atoms with Gasteiger partial charge in [-0.3, -0.25) is 4.99 Å². The number of anilines is 1. The first-order valence-electron chi connectivity index (χ1n) is 8.61. The van der Waals surface area contributed by atoms with Gasteiger partial charge in [0.05, 0.1) is 20.3 Å². The van der Waals surface area contributed by atoms with Crippen molar-refractivity contribution < 1.29 is 14.2 Å². The minimum Gasteiger partial charge on any atom is -0.497 e. The zero-order chi connectivity index (χ0) is 17.0. The highest BCUT2D eigenvalue weighted by molar-refractivity contribution is 5.92. The van der Waals surface area contributed by atoms with Gasteiger partial charge in [-0.05, 0) is 43.0 Å². The van der Waals surface area contributed by atoms with Gasteiger partial charge in [-0.2, -0.15) is 0 Å². The number of methoxy groups -OCH3 is 1. The average Bonchev–Trinajstić information content (AvgIpc) is 3.00. The van der Waals surface area contributed by atoms with Crippen LogP contribution in [0.3, 0.4) is 0 Å². The smallest absolute Gasteiger partial charge is 0.193 e. The lowest BCUT2D eigenvalue weighted by Gasteiger charge is -2.34. The zero-order valence-electron chi connectivity index (χ0n) is 14.5. The van der Waals surface area contributed by atoms with Crippen LogP contribution in [0.2, 0.25) is 0 Å². The van der Waals surface area contributed by atoms with Crippen LogP contribution in [-0.2, 0) is 9.47 Å². The van der Waals surface area contributed by atoms with Gasteiger partial charge >= 0.3 is 0 Å². The molecule has 1 aromatic rings. The van der Waals surface area contributed by atoms with Crippen molar-refractivity contribution in [2.75, 3.05) is 25.6 Å². The predicted molar refractivity (Wildman–Crippen MR) is 94.3 cm³/mol. The second-order valence-electron chi connectivity index (χ2n) is 6.72. The first kappa shape index (κ1) is 17.0. The summed E-state index contributed by atoms with van der Waals surface area (Å²) in [6.45, 7) is 3.38. The van der Waals surface area contributed by atoms with Gasteiger partial charge in [0.1, 0.15) is 11.9 Å². The van der Waals surface area contributed by atoms with Crippen molar-refractivity contribution in [1.29, 1.82) is 0 Å². The van der Waals surface area contributed by atoms with Gasteiger partial charge in [0.2, 0.25) is 0 Å². The highest BCUT2D eigenvalue weighted by Crippen LogP contribution is 2.39. The Hall–Kier alpha value is -1.79. The number of rotatable bonds is 4. The molecule has 132 valence electrons. The molecule has 1 saturated carbocycles. The molecular formula is C18H27N3O3. The summed E-state index contributed by atoms with van der Waals surface area (Å²) in [7, 11) is 1.64. The number of guanidine groups is 1. The molecule has 1 unspecified atom stereocenters. The molecule has 3 rings (SSSR count). The maximum atomic E-state index is 6.14. The minimum atomic E-state index is -0.370. The molecule has 0 amide bonds. The fraction of sp³-hybridized carbons (Fsp3) is 0.611. The van der Waals surface area contributed by atoms with Crippen molar-refractivity contribution in [3.63, 3.8) is 0 Å². The molecule has 2 aliphatic rings. The maximum absolute atomic E-state index is 6.14. The van der Waals surface area contributed by atoms with Crippen LogP contribution in [0, 0.1) is 5.92 Å². The third-order valence-corrected chi connectivity index (χ3v) is 4.78. The van der Waals surface area contributed by atoms with Gasteiger partial charge in [0.25, 0.3) is 0 Å². The van der Waals surface area contributed by atoms with Crippen molar-refractivity contribution in [2.24, 2.45) is 16.6 Å². The highest BCUT2D eigenvalue weighted by Gasteiger charge is 2.43. The maximum Gasteiger partial charge on any atom is 0.193 e. The van der Waals surface area contributed by atoms with E-state index in [0.717, 1.165) is 43.0 Å². The molecule has 1 saturated heterocycles. The molecule has 3 N–H and O–H groups in total. The third-order valence-electron chi connectivity index (χ3n) is 4.78. The molecule has 0 radical (unpaired) electrons. The third kappa shape index (κ3) is 4.19. The van der Waals surface area contributed by atoms with Crippen molar-refractivity contribution >= 4 is 11.6 Å². The number of hydrogen-bond donors (Lipinski definition) is 2. The van der Waals surface area contributed by atoms with Crippen LogP contribution < -0.4 is 15.8 Å². The topological polar surface area (TPSA) is 78.1 Å². The Bertz CT molecular complexity index is 565. The average molecular weight is 333 g/mol. The van der Waals surface area contributed by atoms with Crippen LogP contribution in [0.15, 0.2) is 29.3 Å². The molecular weight excluding hydrogens is 306 g/mol. The van der Waals surface area contributed by atoms with Gasteiger partial charge in [-0.15, -0.1) is 0 Å². The molecule has 1 atom stereocenters. The Balaban J connectivity index is 1.48.